The van der Waals surface area contributed by atoms with Gasteiger partial charge in [-0.2, -0.15) is 11.8 Å². The lowest BCUT2D eigenvalue weighted by Gasteiger charge is -1.86. The largest absolute Gasteiger partial charge is 0.303 e. The molecule has 1 nitrogen and oxygen atoms in total. The van der Waals surface area contributed by atoms with Crippen LogP contribution in [0.1, 0.15) is 12.8 Å². The Bertz CT molecular complexity index is 45.3. The number of rotatable bonds is 4. The quantitative estimate of drug-likeness (QED) is 0.409. The van der Waals surface area contributed by atoms with Gasteiger partial charge in [0.1, 0.15) is 6.29 Å². The molecule has 0 bridgehead atoms. The topological polar surface area (TPSA) is 17.1 Å². The van der Waals surface area contributed by atoms with Crippen LogP contribution in [0.4, 0.5) is 0 Å². The van der Waals surface area contributed by atoms with Crippen LogP contribution in [0.5, 0.6) is 0 Å². The van der Waals surface area contributed by atoms with Gasteiger partial charge in [-0.1, -0.05) is 0 Å². The van der Waals surface area contributed by atoms with Gasteiger partial charge in [-0.25, -0.2) is 0 Å². The minimum atomic E-state index is 0.723. The summed E-state index contributed by atoms with van der Waals surface area (Å²) in [5.41, 5.74) is 0. The van der Waals surface area contributed by atoms with Crippen molar-refractivity contribution >= 4 is 18.0 Å². The van der Waals surface area contributed by atoms with Crippen LogP contribution >= 0.6 is 11.8 Å². The Morgan fingerprint density at radius 3 is 2.86 bits per heavy atom. The van der Waals surface area contributed by atoms with Gasteiger partial charge in [0.2, 0.25) is 0 Å². The Hall–Kier alpha value is 0.0200. The Balaban J connectivity index is 2.56. The van der Waals surface area contributed by atoms with Gasteiger partial charge in [0.15, 0.2) is 0 Å². The van der Waals surface area contributed by atoms with Crippen LogP contribution in [0.3, 0.4) is 0 Å². The summed E-state index contributed by atoms with van der Waals surface area (Å²) in [6.45, 7) is 0. The molecule has 0 rings (SSSR count). The molecule has 0 N–H and O–H groups in total. The van der Waals surface area contributed by atoms with Crippen molar-refractivity contribution in [1.29, 1.82) is 0 Å². The van der Waals surface area contributed by atoms with Crippen LogP contribution in [0.15, 0.2) is 0 Å². The summed E-state index contributed by atoms with van der Waals surface area (Å²) in [5, 5.41) is 0. The van der Waals surface area contributed by atoms with Crippen molar-refractivity contribution in [2.75, 3.05) is 12.0 Å². The molecule has 0 atom stereocenters. The minimum Gasteiger partial charge on any atom is -0.303 e. The summed E-state index contributed by atoms with van der Waals surface area (Å²) in [7, 11) is 0. The van der Waals surface area contributed by atoms with E-state index in [1.54, 1.807) is 11.8 Å². The van der Waals surface area contributed by atoms with E-state index in [0.29, 0.717) is 0 Å². The molecule has 42 valence electrons. The number of carbonyl (C=O) groups is 1. The summed E-state index contributed by atoms with van der Waals surface area (Å²) >= 11 is 1.78. The molecule has 7 heavy (non-hydrogen) atoms. The second kappa shape index (κ2) is 6.02. The van der Waals surface area contributed by atoms with Crippen molar-refractivity contribution < 1.29 is 4.79 Å². The first-order valence-electron chi connectivity index (χ1n) is 2.34. The molecular formula is C5H10OS. The fourth-order valence-electron chi connectivity index (χ4n) is 0.311. The van der Waals surface area contributed by atoms with E-state index in [4.69, 9.17) is 0 Å². The molecule has 0 saturated carbocycles. The molecule has 0 aliphatic rings. The van der Waals surface area contributed by atoms with Crippen LogP contribution in [0, 0.1) is 0 Å². The molecule has 0 fully saturated rings. The van der Waals surface area contributed by atoms with E-state index < -0.39 is 0 Å². The number of thioether (sulfide) groups is 1. The van der Waals surface area contributed by atoms with Crippen LogP contribution in [-0.2, 0) is 4.79 Å². The molecule has 0 aliphatic heterocycles. The fraction of sp³-hybridized carbons (Fsp3) is 0.800. The maximum Gasteiger partial charge on any atom is 0.120 e. The van der Waals surface area contributed by atoms with Crippen LogP contribution in [-0.4, -0.2) is 18.3 Å². The summed E-state index contributed by atoms with van der Waals surface area (Å²) in [5.74, 6) is 1.11. The zero-order valence-corrected chi connectivity index (χ0v) is 5.33. The molecule has 0 radical (unpaired) electrons. The highest BCUT2D eigenvalue weighted by Crippen LogP contribution is 1.95. The number of carbonyl (C=O) groups excluding carboxylic acids is 1. The first kappa shape index (κ1) is 7.02. The van der Waals surface area contributed by atoms with E-state index in [1.165, 1.54) is 0 Å². The lowest BCUT2D eigenvalue weighted by atomic mass is 10.4. The summed E-state index contributed by atoms with van der Waals surface area (Å²) in [6.07, 6.45) is 4.77. The predicted octanol–water partition coefficient (Wildman–Crippen LogP) is 1.33. The number of hydrogen-bond acceptors (Lipinski definition) is 2. The second-order valence-corrected chi connectivity index (χ2v) is 2.29. The normalized spacial score (nSPS) is 8.71. The average molecular weight is 118 g/mol. The molecule has 0 heterocycles. The third kappa shape index (κ3) is 6.02. The highest BCUT2D eigenvalue weighted by molar-refractivity contribution is 7.98. The van der Waals surface area contributed by atoms with Crippen molar-refractivity contribution in [3.05, 3.63) is 0 Å². The molecule has 0 aromatic rings. The first-order valence-corrected chi connectivity index (χ1v) is 3.73. The van der Waals surface area contributed by atoms with Crippen LogP contribution in [0.2, 0.25) is 0 Å². The molecular weight excluding hydrogens is 108 g/mol. The third-order valence-corrected chi connectivity index (χ3v) is 1.37. The SMILES string of the molecule is CSCCCC=O. The maximum atomic E-state index is 9.67. The Labute approximate surface area is 48.5 Å². The van der Waals surface area contributed by atoms with Crippen LogP contribution < -0.4 is 0 Å². The lowest BCUT2D eigenvalue weighted by molar-refractivity contribution is -0.107. The number of hydrogen-bond donors (Lipinski definition) is 0. The van der Waals surface area contributed by atoms with Crippen LogP contribution in [0.25, 0.3) is 0 Å². The van der Waals surface area contributed by atoms with Gasteiger partial charge in [0.25, 0.3) is 0 Å². The van der Waals surface area contributed by atoms with Gasteiger partial charge in [0, 0.05) is 6.42 Å². The van der Waals surface area contributed by atoms with Gasteiger partial charge in [-0.15, -0.1) is 0 Å². The number of unbranched alkanes of at least 4 members (excludes halogenated alkanes) is 1. The Morgan fingerprint density at radius 2 is 2.43 bits per heavy atom. The smallest absolute Gasteiger partial charge is 0.120 e. The third-order valence-electron chi connectivity index (χ3n) is 0.670. The first-order chi connectivity index (χ1) is 3.41. The highest BCUT2D eigenvalue weighted by Gasteiger charge is 1.80. The van der Waals surface area contributed by atoms with E-state index in [-0.39, 0.29) is 0 Å². The molecule has 0 aromatic carbocycles. The highest BCUT2D eigenvalue weighted by atomic mass is 32.2. The van der Waals surface area contributed by atoms with E-state index in [9.17, 15) is 4.79 Å². The zero-order valence-electron chi connectivity index (χ0n) is 4.52. The molecule has 0 saturated heterocycles. The maximum absolute atomic E-state index is 9.67. The number of aldehydes is 1. The van der Waals surface area contributed by atoms with E-state index in [0.717, 1.165) is 24.9 Å². The molecule has 2 heteroatoms. The second-order valence-electron chi connectivity index (χ2n) is 1.30. The van der Waals surface area contributed by atoms with Gasteiger partial charge >= 0.3 is 0 Å². The van der Waals surface area contributed by atoms with Crippen molar-refractivity contribution in [2.45, 2.75) is 12.8 Å². The van der Waals surface area contributed by atoms with Gasteiger partial charge in [0.05, 0.1) is 0 Å². The monoisotopic (exact) mass is 118 g/mol. The van der Waals surface area contributed by atoms with Gasteiger partial charge < -0.3 is 4.79 Å². The fourth-order valence-corrected chi connectivity index (χ4v) is 0.766. The molecule has 0 amide bonds. The summed E-state index contributed by atoms with van der Waals surface area (Å²) in [4.78, 5) is 9.67. The Morgan fingerprint density at radius 1 is 1.71 bits per heavy atom. The van der Waals surface area contributed by atoms with Gasteiger partial charge in [-0.3, -0.25) is 0 Å². The molecule has 0 aromatic heterocycles. The molecule has 0 unspecified atom stereocenters. The van der Waals surface area contributed by atoms with E-state index in [2.05, 4.69) is 0 Å². The van der Waals surface area contributed by atoms with Crippen molar-refractivity contribution in [3.8, 4) is 0 Å². The summed E-state index contributed by atoms with van der Waals surface area (Å²) in [6, 6.07) is 0. The van der Waals surface area contributed by atoms with E-state index in [1.807, 2.05) is 6.26 Å². The van der Waals surface area contributed by atoms with Crippen molar-refractivity contribution in [1.82, 2.24) is 0 Å². The minimum absolute atomic E-state index is 0.723. The average Bonchev–Trinajstić information content (AvgIpc) is 1.69. The lowest BCUT2D eigenvalue weighted by Crippen LogP contribution is -1.77. The Kier molecular flexibility index (Phi) is 6.04. The molecule has 0 spiro atoms. The van der Waals surface area contributed by atoms with Crippen molar-refractivity contribution in [3.63, 3.8) is 0 Å². The zero-order chi connectivity index (χ0) is 5.54. The summed E-state index contributed by atoms with van der Waals surface area (Å²) < 4.78 is 0. The standard InChI is InChI=1S/C5H10OS/c1-7-5-3-2-4-6/h4H,2-3,5H2,1H3. The predicted molar refractivity (Wildman–Crippen MR) is 33.7 cm³/mol. The molecule has 0 aliphatic carbocycles. The van der Waals surface area contributed by atoms with Crippen molar-refractivity contribution in [2.24, 2.45) is 0 Å². The van der Waals surface area contributed by atoms with Gasteiger partial charge in [-0.05, 0) is 18.4 Å². The van der Waals surface area contributed by atoms with E-state index >= 15 is 0 Å².